The van der Waals surface area contributed by atoms with E-state index in [9.17, 15) is 0 Å². The Bertz CT molecular complexity index is 275. The van der Waals surface area contributed by atoms with Crippen molar-refractivity contribution in [1.29, 1.82) is 5.26 Å². The first kappa shape index (κ1) is 15.3. The molecule has 0 aromatic heterocycles. The Kier molecular flexibility index (Phi) is 6.49. The molecule has 0 aliphatic carbocycles. The van der Waals surface area contributed by atoms with Gasteiger partial charge in [-0.25, -0.2) is 0 Å². The van der Waals surface area contributed by atoms with Gasteiger partial charge in [0.15, 0.2) is 6.04 Å². The zero-order valence-electron chi connectivity index (χ0n) is 10.3. The van der Waals surface area contributed by atoms with Crippen LogP contribution in [0.2, 0.25) is 0 Å². The second-order valence-electron chi connectivity index (χ2n) is 3.96. The average Bonchev–Trinajstić information content (AvgIpc) is 2.40. The van der Waals surface area contributed by atoms with Crippen molar-refractivity contribution in [3.63, 3.8) is 0 Å². The van der Waals surface area contributed by atoms with Crippen molar-refractivity contribution in [3.05, 3.63) is 0 Å². The Hall–Kier alpha value is -0.700. The Balaban J connectivity index is 0.00000225. The molecule has 0 aromatic rings. The van der Waals surface area contributed by atoms with Crippen LogP contribution >= 0.6 is 12.4 Å². The molecule has 3 unspecified atom stereocenters. The summed E-state index contributed by atoms with van der Waals surface area (Å²) >= 11 is 0. The van der Waals surface area contributed by atoms with Crippen LogP contribution in [-0.4, -0.2) is 48.8 Å². The molecule has 6 heteroatoms. The maximum Gasteiger partial charge on any atom is 0.160 e. The molecule has 0 aromatic carbocycles. The lowest BCUT2D eigenvalue weighted by Crippen LogP contribution is -2.48. The lowest BCUT2D eigenvalue weighted by molar-refractivity contribution is 0.0588. The first-order chi connectivity index (χ1) is 7.10. The maximum atomic E-state index is 8.92. The van der Waals surface area contributed by atoms with E-state index in [1.807, 2.05) is 14.0 Å². The van der Waals surface area contributed by atoms with E-state index in [2.05, 4.69) is 40.1 Å². The fourth-order valence-corrected chi connectivity index (χ4v) is 1.70. The quantitative estimate of drug-likeness (QED) is 0.744. The monoisotopic (exact) mass is 245 g/mol. The topological polar surface area (TPSA) is 55.0 Å². The van der Waals surface area contributed by atoms with Crippen molar-refractivity contribution in [2.24, 2.45) is 10.2 Å². The molecule has 16 heavy (non-hydrogen) atoms. The molecule has 0 N–H and O–H groups in total. The van der Waals surface area contributed by atoms with Gasteiger partial charge in [-0.05, 0) is 27.6 Å². The van der Waals surface area contributed by atoms with Crippen LogP contribution in [0.4, 0.5) is 0 Å². The molecule has 1 rings (SSSR count). The highest BCUT2D eigenvalue weighted by Gasteiger charge is 2.28. The minimum atomic E-state index is -0.309. The predicted molar refractivity (Wildman–Crippen MR) is 65.4 cm³/mol. The molecule has 5 nitrogen and oxygen atoms in total. The van der Waals surface area contributed by atoms with Gasteiger partial charge in [-0.1, -0.05) is 6.92 Å². The van der Waals surface area contributed by atoms with E-state index in [4.69, 9.17) is 5.26 Å². The van der Waals surface area contributed by atoms with E-state index in [-0.39, 0.29) is 30.8 Å². The summed E-state index contributed by atoms with van der Waals surface area (Å²) in [7, 11) is 4.09. The fourth-order valence-electron chi connectivity index (χ4n) is 1.70. The first-order valence-electron chi connectivity index (χ1n) is 5.31. The molecular formula is C10H20ClN5. The zero-order valence-corrected chi connectivity index (χ0v) is 11.1. The highest BCUT2D eigenvalue weighted by Crippen LogP contribution is 2.19. The summed E-state index contributed by atoms with van der Waals surface area (Å²) < 4.78 is 0. The molecule has 1 heterocycles. The highest BCUT2D eigenvalue weighted by molar-refractivity contribution is 5.85. The van der Waals surface area contributed by atoms with Crippen molar-refractivity contribution < 1.29 is 0 Å². The lowest BCUT2D eigenvalue weighted by atomic mass is 10.1. The van der Waals surface area contributed by atoms with E-state index in [1.54, 1.807) is 0 Å². The van der Waals surface area contributed by atoms with E-state index < -0.39 is 0 Å². The summed E-state index contributed by atoms with van der Waals surface area (Å²) in [5.74, 6) is 0. The largest absolute Gasteiger partial charge is 0.291 e. The van der Waals surface area contributed by atoms with Crippen LogP contribution in [0.1, 0.15) is 20.3 Å². The number of hydrogen-bond donors (Lipinski definition) is 0. The van der Waals surface area contributed by atoms with E-state index in [1.165, 1.54) is 0 Å². The summed E-state index contributed by atoms with van der Waals surface area (Å²) in [4.78, 5) is 4.38. The maximum absolute atomic E-state index is 8.92. The van der Waals surface area contributed by atoms with E-state index in [0.29, 0.717) is 0 Å². The van der Waals surface area contributed by atoms with Gasteiger partial charge in [0.25, 0.3) is 0 Å². The summed E-state index contributed by atoms with van der Waals surface area (Å²) in [5.41, 5.74) is 0. The summed E-state index contributed by atoms with van der Waals surface area (Å²) in [6.07, 6.45) is 1.01. The minimum Gasteiger partial charge on any atom is -0.291 e. The Labute approximate surface area is 104 Å². The van der Waals surface area contributed by atoms with Crippen molar-refractivity contribution in [2.45, 2.75) is 38.6 Å². The van der Waals surface area contributed by atoms with Gasteiger partial charge in [0, 0.05) is 6.42 Å². The third-order valence-electron chi connectivity index (χ3n) is 3.02. The molecule has 0 spiro atoms. The fraction of sp³-hybridized carbons (Fsp3) is 0.900. The molecule has 0 saturated heterocycles. The number of azo groups is 1. The van der Waals surface area contributed by atoms with Gasteiger partial charge in [0.05, 0.1) is 12.2 Å². The van der Waals surface area contributed by atoms with Gasteiger partial charge in [-0.3, -0.25) is 9.80 Å². The Morgan fingerprint density at radius 1 is 1.50 bits per heavy atom. The minimum absolute atomic E-state index is 0. The van der Waals surface area contributed by atoms with E-state index >= 15 is 0 Å². The van der Waals surface area contributed by atoms with Crippen molar-refractivity contribution in [2.75, 3.05) is 20.6 Å². The van der Waals surface area contributed by atoms with Crippen LogP contribution in [0, 0.1) is 11.3 Å². The number of hydrogen-bond acceptors (Lipinski definition) is 5. The van der Waals surface area contributed by atoms with Gasteiger partial charge < -0.3 is 0 Å². The smallest absolute Gasteiger partial charge is 0.160 e. The molecule has 0 fully saturated rings. The van der Waals surface area contributed by atoms with Gasteiger partial charge in [0.1, 0.15) is 6.17 Å². The Morgan fingerprint density at radius 2 is 2.12 bits per heavy atom. The molecule has 1 aliphatic rings. The van der Waals surface area contributed by atoms with Crippen molar-refractivity contribution >= 4 is 12.4 Å². The summed E-state index contributed by atoms with van der Waals surface area (Å²) in [5, 5.41) is 17.1. The normalized spacial score (nSPS) is 30.6. The molecule has 0 radical (unpaired) electrons. The molecule has 0 saturated carbocycles. The molecule has 1 aliphatic heterocycles. The third-order valence-corrected chi connectivity index (χ3v) is 3.02. The molecular weight excluding hydrogens is 226 g/mol. The van der Waals surface area contributed by atoms with Crippen LogP contribution in [0.25, 0.3) is 0 Å². The van der Waals surface area contributed by atoms with Gasteiger partial charge >= 0.3 is 0 Å². The summed E-state index contributed by atoms with van der Waals surface area (Å²) in [6.45, 7) is 5.07. The number of halogens is 1. The standard InChI is InChI=1S/C10H19N5.ClH/c1-5-14(3)10-6-9(7-11)13-12-8(2)15(10)4;/h8-10H,5-6H2,1-4H3;1H. The third kappa shape index (κ3) is 3.41. The predicted octanol–water partition coefficient (Wildman–Crippen LogP) is 1.71. The van der Waals surface area contributed by atoms with Crippen LogP contribution in [0.5, 0.6) is 0 Å². The van der Waals surface area contributed by atoms with Gasteiger partial charge in [-0.15, -0.1) is 12.4 Å². The number of nitriles is 1. The number of nitrogens with zero attached hydrogens (tertiary/aromatic N) is 5. The Morgan fingerprint density at radius 3 is 2.62 bits per heavy atom. The first-order valence-corrected chi connectivity index (χ1v) is 5.31. The average molecular weight is 246 g/mol. The van der Waals surface area contributed by atoms with Gasteiger partial charge in [0.2, 0.25) is 0 Å². The van der Waals surface area contributed by atoms with Crippen LogP contribution in [0.15, 0.2) is 10.2 Å². The van der Waals surface area contributed by atoms with E-state index in [0.717, 1.165) is 13.0 Å². The second-order valence-corrected chi connectivity index (χ2v) is 3.96. The summed E-state index contributed by atoms with van der Waals surface area (Å²) in [6, 6.07) is 1.87. The SMILES string of the molecule is CCN(C)C1CC(C#N)N=NC(C)N1C.Cl. The van der Waals surface area contributed by atoms with Crippen molar-refractivity contribution in [3.8, 4) is 6.07 Å². The van der Waals surface area contributed by atoms with Gasteiger partial charge in [-0.2, -0.15) is 15.5 Å². The van der Waals surface area contributed by atoms with Crippen LogP contribution in [-0.2, 0) is 0 Å². The van der Waals surface area contributed by atoms with Crippen molar-refractivity contribution in [1.82, 2.24) is 9.80 Å². The zero-order chi connectivity index (χ0) is 11.4. The molecule has 3 atom stereocenters. The molecule has 0 amide bonds. The molecule has 92 valence electrons. The van der Waals surface area contributed by atoms with Crippen LogP contribution in [0.3, 0.4) is 0 Å². The molecule has 0 bridgehead atoms. The number of rotatable bonds is 2. The van der Waals surface area contributed by atoms with Crippen LogP contribution < -0.4 is 0 Å². The highest BCUT2D eigenvalue weighted by atomic mass is 35.5. The lowest BCUT2D eigenvalue weighted by Gasteiger charge is -2.35. The second kappa shape index (κ2) is 6.79.